The molecule has 2 rings (SSSR count). The van der Waals surface area contributed by atoms with Crippen molar-refractivity contribution in [3.8, 4) is 0 Å². The van der Waals surface area contributed by atoms with Crippen LogP contribution in [0.1, 0.15) is 63.8 Å². The Morgan fingerprint density at radius 3 is 2.55 bits per heavy atom. The molecular weight excluding hydrogens is 248 g/mol. The topological polar surface area (TPSA) is 55.0 Å². The van der Waals surface area contributed by atoms with E-state index >= 15 is 0 Å². The van der Waals surface area contributed by atoms with E-state index in [1.165, 1.54) is 25.7 Å². The van der Waals surface area contributed by atoms with Crippen molar-refractivity contribution in [1.29, 1.82) is 0 Å². The molecule has 1 saturated carbocycles. The lowest BCUT2D eigenvalue weighted by Crippen LogP contribution is -2.37. The van der Waals surface area contributed by atoms with E-state index in [-0.39, 0.29) is 0 Å². The molecule has 0 saturated heterocycles. The van der Waals surface area contributed by atoms with Crippen LogP contribution in [0.5, 0.6) is 0 Å². The van der Waals surface area contributed by atoms with Gasteiger partial charge in [-0.2, -0.15) is 0 Å². The van der Waals surface area contributed by atoms with Crippen molar-refractivity contribution in [2.24, 2.45) is 5.92 Å². The summed E-state index contributed by atoms with van der Waals surface area (Å²) in [6, 6.07) is 0.576. The molecule has 1 fully saturated rings. The number of rotatable bonds is 3. The molecule has 1 aromatic rings. The van der Waals surface area contributed by atoms with Crippen LogP contribution in [0.4, 0.5) is 11.6 Å². The van der Waals surface area contributed by atoms with Gasteiger partial charge < -0.3 is 10.6 Å². The molecule has 4 heteroatoms. The molecule has 2 N–H and O–H groups in total. The van der Waals surface area contributed by atoms with Gasteiger partial charge in [-0.3, -0.25) is 0 Å². The minimum absolute atomic E-state index is 0.301. The van der Waals surface area contributed by atoms with Crippen LogP contribution in [0, 0.1) is 12.8 Å². The predicted molar refractivity (Wildman–Crippen MR) is 85.1 cm³/mol. The SMILES string of the molecule is Cc1c(N)nc(C(C)C)nc1N(C)C1CCCC(C)C1. The van der Waals surface area contributed by atoms with E-state index in [0.717, 1.165) is 23.1 Å². The second-order valence-electron chi connectivity index (χ2n) is 6.61. The van der Waals surface area contributed by atoms with Gasteiger partial charge in [0.1, 0.15) is 17.5 Å². The van der Waals surface area contributed by atoms with Crippen molar-refractivity contribution in [1.82, 2.24) is 9.97 Å². The number of hydrogen-bond donors (Lipinski definition) is 1. The largest absolute Gasteiger partial charge is 0.383 e. The Balaban J connectivity index is 2.30. The summed E-state index contributed by atoms with van der Waals surface area (Å²) in [5.74, 6) is 3.59. The highest BCUT2D eigenvalue weighted by Crippen LogP contribution is 2.31. The van der Waals surface area contributed by atoms with Gasteiger partial charge in [-0.15, -0.1) is 0 Å². The molecule has 0 bridgehead atoms. The summed E-state index contributed by atoms with van der Waals surface area (Å²) in [7, 11) is 2.15. The minimum Gasteiger partial charge on any atom is -0.383 e. The summed E-state index contributed by atoms with van der Waals surface area (Å²) in [6.45, 7) is 8.59. The molecule has 1 aromatic heterocycles. The minimum atomic E-state index is 0.301. The molecule has 0 aromatic carbocycles. The zero-order chi connectivity index (χ0) is 14.9. The maximum Gasteiger partial charge on any atom is 0.137 e. The first kappa shape index (κ1) is 15.1. The van der Waals surface area contributed by atoms with E-state index in [0.29, 0.717) is 17.8 Å². The number of aromatic nitrogens is 2. The fourth-order valence-corrected chi connectivity index (χ4v) is 3.07. The highest BCUT2D eigenvalue weighted by molar-refractivity contribution is 5.56. The average molecular weight is 276 g/mol. The van der Waals surface area contributed by atoms with Crippen molar-refractivity contribution < 1.29 is 0 Å². The summed E-state index contributed by atoms with van der Waals surface area (Å²) in [5.41, 5.74) is 7.09. The number of hydrogen-bond acceptors (Lipinski definition) is 4. The third kappa shape index (κ3) is 3.05. The zero-order valence-corrected chi connectivity index (χ0v) is 13.5. The van der Waals surface area contributed by atoms with Gasteiger partial charge in [-0.25, -0.2) is 9.97 Å². The second-order valence-corrected chi connectivity index (χ2v) is 6.61. The molecule has 20 heavy (non-hydrogen) atoms. The van der Waals surface area contributed by atoms with Gasteiger partial charge in [0.25, 0.3) is 0 Å². The van der Waals surface area contributed by atoms with Gasteiger partial charge in [0.15, 0.2) is 0 Å². The van der Waals surface area contributed by atoms with E-state index in [4.69, 9.17) is 10.7 Å². The fraction of sp³-hybridized carbons (Fsp3) is 0.750. The van der Waals surface area contributed by atoms with E-state index in [1.807, 2.05) is 6.92 Å². The molecule has 0 radical (unpaired) electrons. The van der Waals surface area contributed by atoms with Gasteiger partial charge in [-0.1, -0.05) is 33.6 Å². The lowest BCUT2D eigenvalue weighted by molar-refractivity contribution is 0.335. The van der Waals surface area contributed by atoms with Gasteiger partial charge >= 0.3 is 0 Å². The summed E-state index contributed by atoms with van der Waals surface area (Å²) in [4.78, 5) is 11.5. The van der Waals surface area contributed by atoms with Crippen molar-refractivity contribution in [3.05, 3.63) is 11.4 Å². The summed E-state index contributed by atoms with van der Waals surface area (Å²) in [6.07, 6.45) is 5.16. The van der Waals surface area contributed by atoms with Crippen molar-refractivity contribution in [2.75, 3.05) is 17.7 Å². The van der Waals surface area contributed by atoms with E-state index < -0.39 is 0 Å². The van der Waals surface area contributed by atoms with Crippen LogP contribution in [0.2, 0.25) is 0 Å². The fourth-order valence-electron chi connectivity index (χ4n) is 3.07. The molecule has 112 valence electrons. The predicted octanol–water partition coefficient (Wildman–Crippen LogP) is 3.51. The third-order valence-electron chi connectivity index (χ3n) is 4.48. The summed E-state index contributed by atoms with van der Waals surface area (Å²) >= 11 is 0. The lowest BCUT2D eigenvalue weighted by atomic mass is 9.86. The smallest absolute Gasteiger partial charge is 0.137 e. The molecule has 4 nitrogen and oxygen atoms in total. The van der Waals surface area contributed by atoms with Crippen LogP contribution in [-0.2, 0) is 0 Å². The number of nitrogen functional groups attached to an aromatic ring is 1. The second kappa shape index (κ2) is 5.98. The Morgan fingerprint density at radius 2 is 1.95 bits per heavy atom. The standard InChI is InChI=1S/C16H28N4/c1-10(2)15-18-14(17)12(4)16(19-15)20(5)13-8-6-7-11(3)9-13/h10-11,13H,6-9H2,1-5H3,(H2,17,18,19). The molecular formula is C16H28N4. The Hall–Kier alpha value is -1.32. The molecule has 2 unspecified atom stereocenters. The third-order valence-corrected chi connectivity index (χ3v) is 4.48. The Morgan fingerprint density at radius 1 is 1.25 bits per heavy atom. The maximum absolute atomic E-state index is 6.08. The summed E-state index contributed by atoms with van der Waals surface area (Å²) < 4.78 is 0. The van der Waals surface area contributed by atoms with Crippen LogP contribution in [0.15, 0.2) is 0 Å². The first-order chi connectivity index (χ1) is 9.40. The van der Waals surface area contributed by atoms with Crippen molar-refractivity contribution in [3.63, 3.8) is 0 Å². The van der Waals surface area contributed by atoms with Gasteiger partial charge in [0.05, 0.1) is 0 Å². The van der Waals surface area contributed by atoms with Crippen molar-refractivity contribution >= 4 is 11.6 Å². The van der Waals surface area contributed by atoms with E-state index in [2.05, 4.69) is 37.7 Å². The number of nitrogens with zero attached hydrogens (tertiary/aromatic N) is 3. The Bertz CT molecular complexity index is 470. The first-order valence-electron chi connectivity index (χ1n) is 7.77. The molecule has 0 aliphatic heterocycles. The lowest BCUT2D eigenvalue weighted by Gasteiger charge is -2.35. The average Bonchev–Trinajstić information content (AvgIpc) is 2.40. The number of nitrogens with two attached hydrogens (primary N) is 1. The highest BCUT2D eigenvalue weighted by Gasteiger charge is 2.25. The van der Waals surface area contributed by atoms with Crippen LogP contribution < -0.4 is 10.6 Å². The molecule has 1 aliphatic rings. The Kier molecular flexibility index (Phi) is 4.51. The van der Waals surface area contributed by atoms with Gasteiger partial charge in [0, 0.05) is 24.6 Å². The summed E-state index contributed by atoms with van der Waals surface area (Å²) in [5, 5.41) is 0. The molecule has 2 atom stereocenters. The monoisotopic (exact) mass is 276 g/mol. The quantitative estimate of drug-likeness (QED) is 0.918. The van der Waals surface area contributed by atoms with E-state index in [1.54, 1.807) is 0 Å². The molecule has 1 heterocycles. The normalized spacial score (nSPS) is 23.1. The van der Waals surface area contributed by atoms with Crippen LogP contribution in [0.25, 0.3) is 0 Å². The van der Waals surface area contributed by atoms with Crippen LogP contribution in [0.3, 0.4) is 0 Å². The molecule has 0 spiro atoms. The number of anilines is 2. The van der Waals surface area contributed by atoms with E-state index in [9.17, 15) is 0 Å². The Labute approximate surface area is 122 Å². The van der Waals surface area contributed by atoms with Gasteiger partial charge in [-0.05, 0) is 25.7 Å². The first-order valence-corrected chi connectivity index (χ1v) is 7.77. The van der Waals surface area contributed by atoms with Gasteiger partial charge in [0.2, 0.25) is 0 Å². The molecule has 0 amide bonds. The zero-order valence-electron chi connectivity index (χ0n) is 13.5. The van der Waals surface area contributed by atoms with Crippen LogP contribution in [-0.4, -0.2) is 23.1 Å². The van der Waals surface area contributed by atoms with Crippen molar-refractivity contribution in [2.45, 2.75) is 65.3 Å². The maximum atomic E-state index is 6.08. The van der Waals surface area contributed by atoms with Crippen LogP contribution >= 0.6 is 0 Å². The molecule has 1 aliphatic carbocycles. The highest BCUT2D eigenvalue weighted by atomic mass is 15.2.